The molecule has 11 nitrogen and oxygen atoms in total. The van der Waals surface area contributed by atoms with Gasteiger partial charge in [-0.3, -0.25) is 4.79 Å². The molecule has 1 amide bonds. The molecule has 0 radical (unpaired) electrons. The van der Waals surface area contributed by atoms with Crippen LogP contribution in [-0.4, -0.2) is 75.5 Å². The second kappa shape index (κ2) is 10.2. The molecule has 2 unspecified atom stereocenters. The Bertz CT molecular complexity index is 1080. The molecule has 1 aliphatic rings. The third-order valence-electron chi connectivity index (χ3n) is 5.68. The van der Waals surface area contributed by atoms with Crippen LogP contribution in [0.25, 0.3) is 0 Å². The van der Waals surface area contributed by atoms with Crippen molar-refractivity contribution in [1.29, 1.82) is 0 Å². The molecule has 3 heterocycles. The highest BCUT2D eigenvalue weighted by molar-refractivity contribution is 6.30. The van der Waals surface area contributed by atoms with Crippen LogP contribution in [0.15, 0.2) is 24.3 Å². The van der Waals surface area contributed by atoms with Crippen molar-refractivity contribution in [2.75, 3.05) is 32.2 Å². The number of carbonyl (C=O) groups is 1. The van der Waals surface area contributed by atoms with Crippen LogP contribution in [-0.2, 0) is 17.7 Å². The van der Waals surface area contributed by atoms with Crippen LogP contribution in [0.3, 0.4) is 0 Å². The molecule has 33 heavy (non-hydrogen) atoms. The summed E-state index contributed by atoms with van der Waals surface area (Å²) in [4.78, 5) is 23.3. The third kappa shape index (κ3) is 5.25. The number of rotatable bonds is 8. The van der Waals surface area contributed by atoms with Crippen LogP contribution >= 0.6 is 11.6 Å². The first-order valence-corrected chi connectivity index (χ1v) is 11.1. The fourth-order valence-corrected chi connectivity index (χ4v) is 4.06. The predicted octanol–water partition coefficient (Wildman–Crippen LogP) is 1.69. The Morgan fingerprint density at radius 3 is 2.76 bits per heavy atom. The molecule has 3 aromatic rings. The lowest BCUT2D eigenvalue weighted by molar-refractivity contribution is 0.0535. The van der Waals surface area contributed by atoms with E-state index in [0.717, 1.165) is 17.0 Å². The molecule has 1 saturated heterocycles. The number of aromatic nitrogens is 6. The highest BCUT2D eigenvalue weighted by atomic mass is 35.5. The first-order chi connectivity index (χ1) is 16.0. The van der Waals surface area contributed by atoms with E-state index in [0.29, 0.717) is 43.6 Å². The molecule has 12 heteroatoms. The van der Waals surface area contributed by atoms with Crippen molar-refractivity contribution in [2.45, 2.75) is 38.5 Å². The van der Waals surface area contributed by atoms with E-state index in [1.807, 2.05) is 36.1 Å². The Morgan fingerprint density at radius 1 is 1.30 bits per heavy atom. The van der Waals surface area contributed by atoms with Gasteiger partial charge in [-0.25, -0.2) is 4.98 Å². The molecule has 2 atom stereocenters. The van der Waals surface area contributed by atoms with Gasteiger partial charge in [0.2, 0.25) is 0 Å². The van der Waals surface area contributed by atoms with E-state index in [9.17, 15) is 4.79 Å². The van der Waals surface area contributed by atoms with Gasteiger partial charge in [0.25, 0.3) is 11.9 Å². The van der Waals surface area contributed by atoms with Gasteiger partial charge in [0, 0.05) is 20.2 Å². The molecule has 0 bridgehead atoms. The summed E-state index contributed by atoms with van der Waals surface area (Å²) in [5.41, 5.74) is 1.78. The number of benzene rings is 1. The molecule has 0 aliphatic carbocycles. The van der Waals surface area contributed by atoms with Gasteiger partial charge >= 0.3 is 0 Å². The predicted molar refractivity (Wildman–Crippen MR) is 122 cm³/mol. The summed E-state index contributed by atoms with van der Waals surface area (Å²) in [6, 6.07) is 7.55. The molecule has 1 fully saturated rings. The van der Waals surface area contributed by atoms with Crippen LogP contribution in [0.5, 0.6) is 5.75 Å². The molecule has 0 saturated carbocycles. The maximum atomic E-state index is 12.6. The van der Waals surface area contributed by atoms with E-state index in [4.69, 9.17) is 21.1 Å². The van der Waals surface area contributed by atoms with Crippen LogP contribution in [0.4, 0.5) is 5.95 Å². The first-order valence-electron chi connectivity index (χ1n) is 10.7. The number of carbonyl (C=O) groups excluding carboxylic acids is 1. The molecule has 4 rings (SSSR count). The molecule has 1 aliphatic heterocycles. The summed E-state index contributed by atoms with van der Waals surface area (Å²) in [6.45, 7) is 3.62. The monoisotopic (exact) mass is 474 g/mol. The zero-order valence-electron chi connectivity index (χ0n) is 18.8. The summed E-state index contributed by atoms with van der Waals surface area (Å²) < 4.78 is 10.8. The number of tetrazole rings is 1. The normalized spacial score (nSPS) is 18.4. The zero-order chi connectivity index (χ0) is 23.4. The molecular weight excluding hydrogens is 448 g/mol. The molecule has 176 valence electrons. The molecule has 2 N–H and O–H groups in total. The van der Waals surface area contributed by atoms with Gasteiger partial charge in [-0.15, -0.1) is 5.10 Å². The van der Waals surface area contributed by atoms with E-state index < -0.39 is 0 Å². The summed E-state index contributed by atoms with van der Waals surface area (Å²) in [6.07, 6.45) is 1.09. The van der Waals surface area contributed by atoms with Crippen LogP contribution in [0, 0.1) is 0 Å². The smallest absolute Gasteiger partial charge is 0.287 e. The van der Waals surface area contributed by atoms with Crippen molar-refractivity contribution < 1.29 is 14.3 Å². The van der Waals surface area contributed by atoms with Crippen LogP contribution in [0.1, 0.15) is 35.2 Å². The average molecular weight is 475 g/mol. The summed E-state index contributed by atoms with van der Waals surface area (Å²) in [7, 11) is 3.26. The van der Waals surface area contributed by atoms with Crippen molar-refractivity contribution in [3.05, 3.63) is 46.5 Å². The van der Waals surface area contributed by atoms with Gasteiger partial charge in [-0.2, -0.15) is 4.80 Å². The minimum absolute atomic E-state index is 0.179. The number of methoxy groups -OCH3 is 2. The standard InChI is InChI=1S/C21H27ClN8O3/c1-4-15-18(22)25-19(23-15)20(31)24-16-9-10-29(12-17(16)33-3)21-26-28-30(27-21)11-13-5-7-14(32-2)8-6-13/h5-8,16-17H,4,9-12H2,1-3H3,(H,23,25)(H,24,31). The van der Waals surface area contributed by atoms with Crippen molar-refractivity contribution in [3.8, 4) is 5.75 Å². The summed E-state index contributed by atoms with van der Waals surface area (Å²) in [5, 5.41) is 16.2. The number of H-pyrrole nitrogens is 1. The van der Waals surface area contributed by atoms with E-state index in [-0.39, 0.29) is 23.9 Å². The zero-order valence-corrected chi connectivity index (χ0v) is 19.5. The van der Waals surface area contributed by atoms with Gasteiger partial charge in [-0.05, 0) is 35.8 Å². The van der Waals surface area contributed by atoms with Gasteiger partial charge in [0.05, 0.1) is 31.5 Å². The van der Waals surface area contributed by atoms with Crippen molar-refractivity contribution >= 4 is 23.5 Å². The maximum absolute atomic E-state index is 12.6. The lowest BCUT2D eigenvalue weighted by Gasteiger charge is -2.37. The Balaban J connectivity index is 1.36. The first kappa shape index (κ1) is 23.0. The molecular formula is C21H27ClN8O3. The minimum atomic E-state index is -0.305. The largest absolute Gasteiger partial charge is 0.497 e. The number of aryl methyl sites for hydroxylation is 1. The topological polar surface area (TPSA) is 123 Å². The number of nitrogens with zero attached hydrogens (tertiary/aromatic N) is 6. The van der Waals surface area contributed by atoms with Gasteiger partial charge in [-0.1, -0.05) is 35.8 Å². The van der Waals surface area contributed by atoms with E-state index >= 15 is 0 Å². The molecule has 2 aromatic heterocycles. The number of hydrogen-bond donors (Lipinski definition) is 2. The molecule has 1 aromatic carbocycles. The van der Waals surface area contributed by atoms with E-state index in [1.165, 1.54) is 0 Å². The van der Waals surface area contributed by atoms with Crippen molar-refractivity contribution in [1.82, 2.24) is 35.5 Å². The number of amides is 1. The Labute approximate surface area is 196 Å². The van der Waals surface area contributed by atoms with Crippen LogP contribution in [0.2, 0.25) is 5.15 Å². The maximum Gasteiger partial charge on any atom is 0.287 e. The number of anilines is 1. The van der Waals surface area contributed by atoms with Crippen molar-refractivity contribution in [2.24, 2.45) is 0 Å². The average Bonchev–Trinajstić information content (AvgIpc) is 3.46. The van der Waals surface area contributed by atoms with Crippen LogP contribution < -0.4 is 15.0 Å². The number of piperidine rings is 1. The Morgan fingerprint density at radius 2 is 2.09 bits per heavy atom. The number of aromatic amines is 1. The summed E-state index contributed by atoms with van der Waals surface area (Å²) >= 11 is 6.06. The number of ether oxygens (including phenoxy) is 2. The number of halogens is 1. The lowest BCUT2D eigenvalue weighted by Crippen LogP contribution is -2.55. The SMILES string of the molecule is CCc1[nH]c(C(=O)NC2CCN(c3nnn(Cc4ccc(OC)cc4)n3)CC2OC)nc1Cl. The molecule has 0 spiro atoms. The fraction of sp³-hybridized carbons (Fsp3) is 0.476. The van der Waals surface area contributed by atoms with Crippen molar-refractivity contribution in [3.63, 3.8) is 0 Å². The highest BCUT2D eigenvalue weighted by Crippen LogP contribution is 2.19. The second-order valence-electron chi connectivity index (χ2n) is 7.77. The van der Waals surface area contributed by atoms with Gasteiger partial charge in [0.15, 0.2) is 11.0 Å². The lowest BCUT2D eigenvalue weighted by atomic mass is 10.0. The number of hydrogen-bond acceptors (Lipinski definition) is 8. The quantitative estimate of drug-likeness (QED) is 0.505. The van der Waals surface area contributed by atoms with E-state index in [2.05, 4.69) is 30.7 Å². The second-order valence-corrected chi connectivity index (χ2v) is 8.12. The third-order valence-corrected chi connectivity index (χ3v) is 6.00. The fourth-order valence-electron chi connectivity index (χ4n) is 3.79. The van der Waals surface area contributed by atoms with Gasteiger partial charge in [0.1, 0.15) is 5.75 Å². The number of imidazole rings is 1. The van der Waals surface area contributed by atoms with Gasteiger partial charge < -0.3 is 24.7 Å². The minimum Gasteiger partial charge on any atom is -0.497 e. The Hall–Kier alpha value is -3.18. The summed E-state index contributed by atoms with van der Waals surface area (Å²) in [5.74, 6) is 1.23. The number of nitrogens with one attached hydrogen (secondary N) is 2. The van der Waals surface area contributed by atoms with E-state index in [1.54, 1.807) is 19.0 Å². The Kier molecular flexibility index (Phi) is 7.09. The highest BCUT2D eigenvalue weighted by Gasteiger charge is 2.33.